The predicted octanol–water partition coefficient (Wildman–Crippen LogP) is 0.611. The van der Waals surface area contributed by atoms with E-state index in [-0.39, 0.29) is 18.4 Å². The van der Waals surface area contributed by atoms with E-state index in [0.717, 1.165) is 5.69 Å². The molecule has 0 radical (unpaired) electrons. The summed E-state index contributed by atoms with van der Waals surface area (Å²) in [4.78, 5) is 23.0. The van der Waals surface area contributed by atoms with Gasteiger partial charge in [0.05, 0.1) is 13.2 Å². The molecule has 0 aliphatic heterocycles. The molecule has 0 aliphatic rings. The summed E-state index contributed by atoms with van der Waals surface area (Å²) >= 11 is 0. The number of hydrogen-bond donors (Lipinski definition) is 3. The van der Waals surface area contributed by atoms with Gasteiger partial charge in [-0.1, -0.05) is 0 Å². The van der Waals surface area contributed by atoms with Gasteiger partial charge in [-0.05, 0) is 31.2 Å². The number of benzene rings is 1. The van der Waals surface area contributed by atoms with E-state index in [9.17, 15) is 9.59 Å². The van der Waals surface area contributed by atoms with Gasteiger partial charge < -0.3 is 20.7 Å². The van der Waals surface area contributed by atoms with E-state index in [1.54, 1.807) is 31.4 Å². The Labute approximate surface area is 118 Å². The van der Waals surface area contributed by atoms with Crippen LogP contribution < -0.4 is 16.0 Å². The molecule has 1 aromatic rings. The molecule has 0 atom stereocenters. The minimum Gasteiger partial charge on any atom is -0.383 e. The van der Waals surface area contributed by atoms with E-state index < -0.39 is 0 Å². The number of amides is 2. The van der Waals surface area contributed by atoms with Crippen LogP contribution in [0.15, 0.2) is 24.3 Å². The molecule has 0 bridgehead atoms. The van der Waals surface area contributed by atoms with Crippen LogP contribution in [0.3, 0.4) is 0 Å². The van der Waals surface area contributed by atoms with Gasteiger partial charge in [-0.3, -0.25) is 9.59 Å². The number of ether oxygens (including phenoxy) is 1. The van der Waals surface area contributed by atoms with Gasteiger partial charge in [0.15, 0.2) is 0 Å². The van der Waals surface area contributed by atoms with E-state index in [4.69, 9.17) is 4.74 Å². The Hall–Kier alpha value is -2.08. The van der Waals surface area contributed by atoms with Crippen molar-refractivity contribution in [2.75, 3.05) is 38.7 Å². The first kappa shape index (κ1) is 16.0. The zero-order chi connectivity index (χ0) is 14.8. The fourth-order valence-corrected chi connectivity index (χ4v) is 1.55. The zero-order valence-corrected chi connectivity index (χ0v) is 11.9. The summed E-state index contributed by atoms with van der Waals surface area (Å²) < 4.78 is 4.86. The fourth-order valence-electron chi connectivity index (χ4n) is 1.55. The third-order valence-corrected chi connectivity index (χ3v) is 2.57. The molecule has 0 heterocycles. The maximum absolute atomic E-state index is 11.7. The van der Waals surface area contributed by atoms with Crippen LogP contribution in [0.1, 0.15) is 17.3 Å². The summed E-state index contributed by atoms with van der Waals surface area (Å²) in [6.07, 6.45) is 0. The number of methoxy groups -OCH3 is 1. The van der Waals surface area contributed by atoms with Crippen LogP contribution in [0.25, 0.3) is 0 Å². The van der Waals surface area contributed by atoms with Gasteiger partial charge in [0.25, 0.3) is 5.91 Å². The molecule has 20 heavy (non-hydrogen) atoms. The van der Waals surface area contributed by atoms with Crippen molar-refractivity contribution in [1.82, 2.24) is 10.6 Å². The molecule has 0 saturated carbocycles. The van der Waals surface area contributed by atoms with E-state index >= 15 is 0 Å². The lowest BCUT2D eigenvalue weighted by Gasteiger charge is -2.08. The minimum atomic E-state index is -0.141. The average molecular weight is 279 g/mol. The van der Waals surface area contributed by atoms with Gasteiger partial charge in [-0.2, -0.15) is 0 Å². The van der Waals surface area contributed by atoms with Crippen molar-refractivity contribution in [3.63, 3.8) is 0 Å². The van der Waals surface area contributed by atoms with Gasteiger partial charge >= 0.3 is 0 Å². The SMILES string of the molecule is CCNC(=O)CNc1ccc(C(=O)NCCOC)cc1. The van der Waals surface area contributed by atoms with Gasteiger partial charge in [0, 0.05) is 31.5 Å². The third kappa shape index (κ3) is 5.71. The van der Waals surface area contributed by atoms with Gasteiger partial charge in [0.2, 0.25) is 5.91 Å². The van der Waals surface area contributed by atoms with E-state index in [0.29, 0.717) is 25.3 Å². The van der Waals surface area contributed by atoms with Gasteiger partial charge in [-0.25, -0.2) is 0 Å². The zero-order valence-electron chi connectivity index (χ0n) is 11.9. The predicted molar refractivity (Wildman–Crippen MR) is 77.8 cm³/mol. The highest BCUT2D eigenvalue weighted by Gasteiger charge is 2.05. The van der Waals surface area contributed by atoms with Crippen molar-refractivity contribution in [2.45, 2.75) is 6.92 Å². The highest BCUT2D eigenvalue weighted by Crippen LogP contribution is 2.09. The maximum atomic E-state index is 11.7. The number of nitrogens with one attached hydrogen (secondary N) is 3. The van der Waals surface area contributed by atoms with E-state index in [2.05, 4.69) is 16.0 Å². The first-order valence-electron chi connectivity index (χ1n) is 6.55. The van der Waals surface area contributed by atoms with Crippen molar-refractivity contribution in [1.29, 1.82) is 0 Å². The number of rotatable bonds is 8. The largest absolute Gasteiger partial charge is 0.383 e. The van der Waals surface area contributed by atoms with Crippen LogP contribution in [-0.4, -0.2) is 45.2 Å². The first-order valence-corrected chi connectivity index (χ1v) is 6.55. The van der Waals surface area contributed by atoms with Gasteiger partial charge in [-0.15, -0.1) is 0 Å². The standard InChI is InChI=1S/C14H21N3O3/c1-3-15-13(18)10-17-12-6-4-11(5-7-12)14(19)16-8-9-20-2/h4-7,17H,3,8-10H2,1-2H3,(H,15,18)(H,16,19). The summed E-state index contributed by atoms with van der Waals surface area (Å²) in [6, 6.07) is 6.96. The smallest absolute Gasteiger partial charge is 0.251 e. The molecule has 110 valence electrons. The number of carbonyl (C=O) groups is 2. The first-order chi connectivity index (χ1) is 9.67. The molecule has 0 aliphatic carbocycles. The lowest BCUT2D eigenvalue weighted by atomic mass is 10.2. The van der Waals surface area contributed by atoms with Crippen molar-refractivity contribution >= 4 is 17.5 Å². The van der Waals surface area contributed by atoms with E-state index in [1.165, 1.54) is 0 Å². The second-order valence-corrected chi connectivity index (χ2v) is 4.13. The molecule has 6 nitrogen and oxygen atoms in total. The second-order valence-electron chi connectivity index (χ2n) is 4.13. The van der Waals surface area contributed by atoms with Crippen molar-refractivity contribution in [2.24, 2.45) is 0 Å². The number of anilines is 1. The Morgan fingerprint density at radius 1 is 1.15 bits per heavy atom. The number of hydrogen-bond acceptors (Lipinski definition) is 4. The molecule has 3 N–H and O–H groups in total. The normalized spacial score (nSPS) is 9.90. The molecular weight excluding hydrogens is 258 g/mol. The second kappa shape index (κ2) is 8.92. The van der Waals surface area contributed by atoms with Crippen LogP contribution in [0.2, 0.25) is 0 Å². The van der Waals surface area contributed by atoms with Crippen molar-refractivity contribution < 1.29 is 14.3 Å². The van der Waals surface area contributed by atoms with Crippen molar-refractivity contribution in [3.8, 4) is 0 Å². The highest BCUT2D eigenvalue weighted by molar-refractivity contribution is 5.94. The third-order valence-electron chi connectivity index (χ3n) is 2.57. The van der Waals surface area contributed by atoms with E-state index in [1.807, 2.05) is 6.92 Å². The number of carbonyl (C=O) groups excluding carboxylic acids is 2. The molecule has 2 amide bonds. The molecule has 0 saturated heterocycles. The highest BCUT2D eigenvalue weighted by atomic mass is 16.5. The molecule has 1 aromatic carbocycles. The molecule has 0 aromatic heterocycles. The van der Waals surface area contributed by atoms with Crippen LogP contribution in [0, 0.1) is 0 Å². The molecule has 1 rings (SSSR count). The Kier molecular flexibility index (Phi) is 7.13. The lowest BCUT2D eigenvalue weighted by molar-refractivity contribution is -0.119. The minimum absolute atomic E-state index is 0.0612. The lowest BCUT2D eigenvalue weighted by Crippen LogP contribution is -2.29. The molecule has 0 fully saturated rings. The Morgan fingerprint density at radius 3 is 2.45 bits per heavy atom. The summed E-state index contributed by atoms with van der Waals surface area (Å²) in [5.41, 5.74) is 1.37. The average Bonchev–Trinajstić information content (AvgIpc) is 2.46. The quantitative estimate of drug-likeness (QED) is 0.609. The number of likely N-dealkylation sites (N-methyl/N-ethyl adjacent to an activating group) is 1. The fraction of sp³-hybridized carbons (Fsp3) is 0.429. The topological polar surface area (TPSA) is 79.5 Å². The van der Waals surface area contributed by atoms with Crippen LogP contribution in [0.4, 0.5) is 5.69 Å². The Bertz CT molecular complexity index is 432. The van der Waals surface area contributed by atoms with Gasteiger partial charge in [0.1, 0.15) is 0 Å². The van der Waals surface area contributed by atoms with Crippen LogP contribution in [-0.2, 0) is 9.53 Å². The monoisotopic (exact) mass is 279 g/mol. The summed E-state index contributed by atoms with van der Waals surface area (Å²) in [5, 5.41) is 8.42. The molecular formula is C14H21N3O3. The molecule has 0 unspecified atom stereocenters. The Morgan fingerprint density at radius 2 is 1.85 bits per heavy atom. The molecule has 0 spiro atoms. The molecule has 6 heteroatoms. The summed E-state index contributed by atoms with van der Waals surface area (Å²) in [7, 11) is 1.58. The summed E-state index contributed by atoms with van der Waals surface area (Å²) in [6.45, 7) is 3.66. The van der Waals surface area contributed by atoms with Crippen LogP contribution >= 0.6 is 0 Å². The van der Waals surface area contributed by atoms with Crippen molar-refractivity contribution in [3.05, 3.63) is 29.8 Å². The summed E-state index contributed by atoms with van der Waals surface area (Å²) in [5.74, 6) is -0.203. The van der Waals surface area contributed by atoms with Crippen LogP contribution in [0.5, 0.6) is 0 Å². The maximum Gasteiger partial charge on any atom is 0.251 e. The Balaban J connectivity index is 2.43.